The predicted molar refractivity (Wildman–Crippen MR) is 63.6 cm³/mol. The molecule has 5 heteroatoms. The zero-order chi connectivity index (χ0) is 12.4. The van der Waals surface area contributed by atoms with Crippen LogP contribution in [0.15, 0.2) is 12.4 Å². The van der Waals surface area contributed by atoms with Crippen LogP contribution < -0.4 is 0 Å². The molecular formula is C12H19N3O2. The van der Waals surface area contributed by atoms with Crippen molar-refractivity contribution in [3.63, 3.8) is 0 Å². The number of aryl methyl sites for hydroxylation is 1. The summed E-state index contributed by atoms with van der Waals surface area (Å²) in [5.41, 5.74) is 0. The molecule has 2 heterocycles. The van der Waals surface area contributed by atoms with Crippen molar-refractivity contribution in [1.82, 2.24) is 14.5 Å². The molecule has 2 unspecified atom stereocenters. The van der Waals surface area contributed by atoms with Crippen molar-refractivity contribution in [3.05, 3.63) is 18.2 Å². The maximum absolute atomic E-state index is 11.0. The fourth-order valence-electron chi connectivity index (χ4n) is 2.47. The van der Waals surface area contributed by atoms with Gasteiger partial charge in [-0.3, -0.25) is 4.79 Å². The molecule has 1 fully saturated rings. The molecule has 1 aromatic rings. The van der Waals surface area contributed by atoms with Gasteiger partial charge in [-0.1, -0.05) is 6.92 Å². The summed E-state index contributed by atoms with van der Waals surface area (Å²) in [6.07, 6.45) is 4.60. The Kier molecular flexibility index (Phi) is 3.47. The SMILES string of the molecule is CC1CN(CCc2nccn2C)CC1C(=O)O. The van der Waals surface area contributed by atoms with E-state index in [1.165, 1.54) is 0 Å². The number of likely N-dealkylation sites (tertiary alicyclic amines) is 1. The molecule has 0 bridgehead atoms. The maximum Gasteiger partial charge on any atom is 0.308 e. The van der Waals surface area contributed by atoms with E-state index in [1.807, 2.05) is 24.7 Å². The number of aromatic nitrogens is 2. The van der Waals surface area contributed by atoms with Crippen LogP contribution in [-0.2, 0) is 18.3 Å². The van der Waals surface area contributed by atoms with Crippen LogP contribution in [0.4, 0.5) is 0 Å². The minimum absolute atomic E-state index is 0.212. The smallest absolute Gasteiger partial charge is 0.308 e. The summed E-state index contributed by atoms with van der Waals surface area (Å²) in [5, 5.41) is 9.05. The van der Waals surface area contributed by atoms with Crippen molar-refractivity contribution in [3.8, 4) is 0 Å². The van der Waals surface area contributed by atoms with Crippen LogP contribution in [-0.4, -0.2) is 45.2 Å². The molecule has 0 spiro atoms. The molecule has 1 saturated heterocycles. The zero-order valence-electron chi connectivity index (χ0n) is 10.3. The van der Waals surface area contributed by atoms with Crippen LogP contribution >= 0.6 is 0 Å². The Bertz CT molecular complexity index is 402. The lowest BCUT2D eigenvalue weighted by molar-refractivity contribution is -0.142. The first kappa shape index (κ1) is 12.1. The summed E-state index contributed by atoms with van der Waals surface area (Å²) in [6.45, 7) is 4.45. The molecule has 5 nitrogen and oxygen atoms in total. The predicted octanol–water partition coefficient (Wildman–Crippen LogP) is 0.615. The van der Waals surface area contributed by atoms with E-state index in [2.05, 4.69) is 9.88 Å². The van der Waals surface area contributed by atoms with Crippen molar-refractivity contribution in [2.24, 2.45) is 18.9 Å². The highest BCUT2D eigenvalue weighted by atomic mass is 16.4. The van der Waals surface area contributed by atoms with Crippen LogP contribution in [0.1, 0.15) is 12.7 Å². The van der Waals surface area contributed by atoms with Gasteiger partial charge in [0.1, 0.15) is 5.82 Å². The second kappa shape index (κ2) is 4.87. The van der Waals surface area contributed by atoms with Gasteiger partial charge in [0.25, 0.3) is 0 Å². The van der Waals surface area contributed by atoms with Crippen LogP contribution in [0.25, 0.3) is 0 Å². The lowest BCUT2D eigenvalue weighted by Gasteiger charge is -2.14. The molecule has 0 aromatic carbocycles. The Hall–Kier alpha value is -1.36. The Morgan fingerprint density at radius 1 is 1.59 bits per heavy atom. The first-order chi connectivity index (χ1) is 8.08. The number of aliphatic carboxylic acids is 1. The van der Waals surface area contributed by atoms with E-state index in [1.54, 1.807) is 6.20 Å². The fourth-order valence-corrected chi connectivity index (χ4v) is 2.47. The summed E-state index contributed by atoms with van der Waals surface area (Å²) >= 11 is 0. The fraction of sp³-hybridized carbons (Fsp3) is 0.667. The third kappa shape index (κ3) is 2.66. The minimum Gasteiger partial charge on any atom is -0.481 e. The third-order valence-corrected chi connectivity index (χ3v) is 3.58. The largest absolute Gasteiger partial charge is 0.481 e. The van der Waals surface area contributed by atoms with Gasteiger partial charge >= 0.3 is 5.97 Å². The van der Waals surface area contributed by atoms with Gasteiger partial charge in [0.2, 0.25) is 0 Å². The van der Waals surface area contributed by atoms with E-state index < -0.39 is 5.97 Å². The van der Waals surface area contributed by atoms with Gasteiger partial charge in [0.05, 0.1) is 5.92 Å². The van der Waals surface area contributed by atoms with E-state index in [-0.39, 0.29) is 11.8 Å². The second-order valence-corrected chi connectivity index (χ2v) is 4.89. The number of hydrogen-bond acceptors (Lipinski definition) is 3. The molecule has 1 aromatic heterocycles. The Morgan fingerprint density at radius 3 is 2.88 bits per heavy atom. The first-order valence-electron chi connectivity index (χ1n) is 5.99. The normalized spacial score (nSPS) is 25.3. The van der Waals surface area contributed by atoms with Crippen molar-refractivity contribution >= 4 is 5.97 Å². The van der Waals surface area contributed by atoms with Crippen molar-refractivity contribution in [2.45, 2.75) is 13.3 Å². The van der Waals surface area contributed by atoms with Crippen LogP contribution in [0.5, 0.6) is 0 Å². The van der Waals surface area contributed by atoms with Crippen LogP contribution in [0.3, 0.4) is 0 Å². The number of nitrogens with zero attached hydrogens (tertiary/aromatic N) is 3. The molecule has 1 N–H and O–H groups in total. The van der Waals surface area contributed by atoms with Crippen molar-refractivity contribution < 1.29 is 9.90 Å². The topological polar surface area (TPSA) is 58.4 Å². The Labute approximate surface area is 101 Å². The summed E-state index contributed by atoms with van der Waals surface area (Å²) in [7, 11) is 1.98. The molecular weight excluding hydrogens is 218 g/mol. The molecule has 1 aliphatic rings. The van der Waals surface area contributed by atoms with E-state index >= 15 is 0 Å². The van der Waals surface area contributed by atoms with Gasteiger partial charge in [-0.15, -0.1) is 0 Å². The number of carboxylic acids is 1. The van der Waals surface area contributed by atoms with Crippen LogP contribution in [0.2, 0.25) is 0 Å². The maximum atomic E-state index is 11.0. The first-order valence-corrected chi connectivity index (χ1v) is 5.99. The molecule has 0 aliphatic carbocycles. The van der Waals surface area contributed by atoms with Crippen molar-refractivity contribution in [1.29, 1.82) is 0 Å². The number of hydrogen-bond donors (Lipinski definition) is 1. The van der Waals surface area contributed by atoms with Crippen LogP contribution in [0, 0.1) is 11.8 Å². The Balaban J connectivity index is 1.86. The second-order valence-electron chi connectivity index (χ2n) is 4.89. The Morgan fingerprint density at radius 2 is 2.35 bits per heavy atom. The highest BCUT2D eigenvalue weighted by Gasteiger charge is 2.34. The quantitative estimate of drug-likeness (QED) is 0.834. The van der Waals surface area contributed by atoms with Gasteiger partial charge in [-0.2, -0.15) is 0 Å². The standard InChI is InChI=1S/C12H19N3O2/c1-9-7-15(8-10(9)12(16)17)5-3-11-13-4-6-14(11)2/h4,6,9-10H,3,5,7-8H2,1-2H3,(H,16,17). The van der Waals surface area contributed by atoms with E-state index in [4.69, 9.17) is 5.11 Å². The highest BCUT2D eigenvalue weighted by Crippen LogP contribution is 2.22. The number of rotatable bonds is 4. The van der Waals surface area contributed by atoms with Gasteiger partial charge in [0, 0.05) is 45.5 Å². The molecule has 17 heavy (non-hydrogen) atoms. The highest BCUT2D eigenvalue weighted by molar-refractivity contribution is 5.71. The molecule has 0 amide bonds. The lowest BCUT2D eigenvalue weighted by Crippen LogP contribution is -2.26. The van der Waals surface area contributed by atoms with E-state index in [0.717, 1.165) is 25.3 Å². The summed E-state index contributed by atoms with van der Waals surface area (Å²) in [4.78, 5) is 17.5. The zero-order valence-corrected chi connectivity index (χ0v) is 10.3. The van der Waals surface area contributed by atoms with E-state index in [0.29, 0.717) is 6.54 Å². The molecule has 0 saturated carbocycles. The summed E-state index contributed by atoms with van der Waals surface area (Å²) < 4.78 is 2.01. The average molecular weight is 237 g/mol. The van der Waals surface area contributed by atoms with Crippen molar-refractivity contribution in [2.75, 3.05) is 19.6 Å². The molecule has 94 valence electrons. The summed E-state index contributed by atoms with van der Waals surface area (Å²) in [5.74, 6) is 0.415. The molecule has 2 atom stereocenters. The third-order valence-electron chi connectivity index (χ3n) is 3.58. The average Bonchev–Trinajstić information content (AvgIpc) is 2.82. The molecule has 0 radical (unpaired) electrons. The van der Waals surface area contributed by atoms with Gasteiger partial charge in [-0.05, 0) is 5.92 Å². The number of carboxylic acid groups (broad SMARTS) is 1. The number of imidazole rings is 1. The molecule has 1 aliphatic heterocycles. The number of carbonyl (C=O) groups is 1. The minimum atomic E-state index is -0.669. The summed E-state index contributed by atoms with van der Waals surface area (Å²) in [6, 6.07) is 0. The monoisotopic (exact) mass is 237 g/mol. The van der Waals surface area contributed by atoms with Gasteiger partial charge in [-0.25, -0.2) is 4.98 Å². The van der Waals surface area contributed by atoms with E-state index in [9.17, 15) is 4.79 Å². The molecule has 2 rings (SSSR count). The lowest BCUT2D eigenvalue weighted by atomic mass is 9.99. The van der Waals surface area contributed by atoms with Gasteiger partial charge < -0.3 is 14.6 Å². The van der Waals surface area contributed by atoms with Gasteiger partial charge in [0.15, 0.2) is 0 Å².